The van der Waals surface area contributed by atoms with Crippen LogP contribution in [0, 0.1) is 5.92 Å². The highest BCUT2D eigenvalue weighted by molar-refractivity contribution is 4.82. The fraction of sp³-hybridized carbons (Fsp3) is 0.800. The third-order valence-corrected chi connectivity index (χ3v) is 2.18. The first-order valence-electron chi connectivity index (χ1n) is 5.25. The van der Waals surface area contributed by atoms with Crippen LogP contribution < -0.4 is 5.32 Å². The lowest BCUT2D eigenvalue weighted by atomic mass is 10.1. The Hall–Kier alpha value is -0.900. The molecule has 4 nitrogen and oxygen atoms in total. The van der Waals surface area contributed by atoms with Crippen LogP contribution in [0.2, 0.25) is 0 Å². The van der Waals surface area contributed by atoms with E-state index in [2.05, 4.69) is 29.2 Å². The molecule has 0 saturated carbocycles. The summed E-state index contributed by atoms with van der Waals surface area (Å²) in [6.07, 6.45) is 4.05. The summed E-state index contributed by atoms with van der Waals surface area (Å²) in [5.74, 6) is 1.79. The number of nitrogens with one attached hydrogen (secondary N) is 1. The second-order valence-corrected chi connectivity index (χ2v) is 3.97. The maximum Gasteiger partial charge on any atom is 0.140 e. The molecule has 0 aliphatic carbocycles. The molecule has 0 atom stereocenters. The third kappa shape index (κ3) is 3.46. The average Bonchev–Trinajstić information content (AvgIpc) is 2.53. The lowest BCUT2D eigenvalue weighted by Crippen LogP contribution is -2.13. The van der Waals surface area contributed by atoms with Crippen molar-refractivity contribution in [2.75, 3.05) is 7.05 Å². The van der Waals surface area contributed by atoms with E-state index < -0.39 is 0 Å². The molecular weight excluding hydrogens is 176 g/mol. The molecule has 1 rings (SSSR count). The molecule has 0 amide bonds. The van der Waals surface area contributed by atoms with Gasteiger partial charge in [0.05, 0.1) is 6.54 Å². The molecule has 1 heterocycles. The average molecular weight is 196 g/mol. The number of hydrogen-bond donors (Lipinski definition) is 1. The van der Waals surface area contributed by atoms with Crippen molar-refractivity contribution < 1.29 is 0 Å². The van der Waals surface area contributed by atoms with Gasteiger partial charge in [-0.3, -0.25) is 0 Å². The van der Waals surface area contributed by atoms with Gasteiger partial charge < -0.3 is 5.32 Å². The van der Waals surface area contributed by atoms with Crippen LogP contribution in [0.25, 0.3) is 0 Å². The smallest absolute Gasteiger partial charge is 0.140 e. The van der Waals surface area contributed by atoms with Gasteiger partial charge in [0.2, 0.25) is 0 Å². The molecule has 0 aromatic carbocycles. The minimum atomic E-state index is 0.770. The molecule has 14 heavy (non-hydrogen) atoms. The second-order valence-electron chi connectivity index (χ2n) is 3.97. The van der Waals surface area contributed by atoms with Crippen molar-refractivity contribution in [3.63, 3.8) is 0 Å². The Morgan fingerprint density at radius 1 is 1.50 bits per heavy atom. The zero-order valence-corrected chi connectivity index (χ0v) is 9.32. The number of nitrogens with zero attached hydrogens (tertiary/aromatic N) is 3. The summed E-state index contributed by atoms with van der Waals surface area (Å²) in [7, 11) is 1.92. The van der Waals surface area contributed by atoms with E-state index in [-0.39, 0.29) is 0 Å². The van der Waals surface area contributed by atoms with Crippen LogP contribution in [0.1, 0.15) is 32.5 Å². The molecule has 0 spiro atoms. The van der Waals surface area contributed by atoms with E-state index >= 15 is 0 Å². The minimum Gasteiger partial charge on any atom is -0.313 e. The van der Waals surface area contributed by atoms with Crippen LogP contribution in [-0.2, 0) is 13.1 Å². The normalized spacial score (nSPS) is 11.1. The van der Waals surface area contributed by atoms with Gasteiger partial charge in [0.25, 0.3) is 0 Å². The molecule has 1 aromatic rings. The summed E-state index contributed by atoms with van der Waals surface area (Å²) in [6, 6.07) is 0. The highest BCUT2D eigenvalue weighted by Gasteiger charge is 2.02. The van der Waals surface area contributed by atoms with Gasteiger partial charge in [-0.05, 0) is 25.8 Å². The van der Waals surface area contributed by atoms with Crippen molar-refractivity contribution in [3.05, 3.63) is 12.2 Å². The third-order valence-electron chi connectivity index (χ3n) is 2.18. The highest BCUT2D eigenvalue weighted by atomic mass is 15.3. The predicted octanol–water partition coefficient (Wildman–Crippen LogP) is 1.43. The molecule has 1 N–H and O–H groups in total. The molecule has 0 radical (unpaired) electrons. The van der Waals surface area contributed by atoms with E-state index in [1.807, 2.05) is 11.7 Å². The lowest BCUT2D eigenvalue weighted by Gasteiger charge is -2.06. The fourth-order valence-electron chi connectivity index (χ4n) is 1.42. The molecule has 80 valence electrons. The van der Waals surface area contributed by atoms with E-state index in [4.69, 9.17) is 0 Å². The summed E-state index contributed by atoms with van der Waals surface area (Å²) in [5, 5.41) is 7.28. The van der Waals surface area contributed by atoms with E-state index in [1.165, 1.54) is 12.8 Å². The molecule has 0 saturated heterocycles. The van der Waals surface area contributed by atoms with Gasteiger partial charge in [-0.2, -0.15) is 5.10 Å². The predicted molar refractivity (Wildman–Crippen MR) is 56.9 cm³/mol. The Bertz CT molecular complexity index is 254. The molecular formula is C10H20N4. The maximum absolute atomic E-state index is 4.20. The number of aryl methyl sites for hydroxylation is 1. The Kier molecular flexibility index (Phi) is 4.59. The van der Waals surface area contributed by atoms with Gasteiger partial charge >= 0.3 is 0 Å². The largest absolute Gasteiger partial charge is 0.313 e. The summed E-state index contributed by atoms with van der Waals surface area (Å²) < 4.78 is 1.98. The molecule has 0 aliphatic heterocycles. The van der Waals surface area contributed by atoms with Gasteiger partial charge in [0, 0.05) is 6.54 Å². The quantitative estimate of drug-likeness (QED) is 0.748. The first kappa shape index (κ1) is 11.2. The van der Waals surface area contributed by atoms with Crippen LogP contribution in [0.4, 0.5) is 0 Å². The Morgan fingerprint density at radius 3 is 2.93 bits per heavy atom. The van der Waals surface area contributed by atoms with Crippen LogP contribution >= 0.6 is 0 Å². The topological polar surface area (TPSA) is 42.7 Å². The highest BCUT2D eigenvalue weighted by Crippen LogP contribution is 2.05. The minimum absolute atomic E-state index is 0.770. The standard InChI is InChI=1S/C10H20N4/c1-9(2)5-4-6-14-10(7-11-3)12-8-13-14/h8-9,11H,4-7H2,1-3H3. The van der Waals surface area contributed by atoms with E-state index in [0.717, 1.165) is 24.8 Å². The van der Waals surface area contributed by atoms with Crippen LogP contribution in [0.15, 0.2) is 6.33 Å². The molecule has 0 fully saturated rings. The monoisotopic (exact) mass is 196 g/mol. The Labute approximate surface area is 85.7 Å². The summed E-state index contributed by atoms with van der Waals surface area (Å²) in [5.41, 5.74) is 0. The van der Waals surface area contributed by atoms with Gasteiger partial charge in [-0.25, -0.2) is 9.67 Å². The van der Waals surface area contributed by atoms with E-state index in [0.29, 0.717) is 0 Å². The fourth-order valence-corrected chi connectivity index (χ4v) is 1.42. The van der Waals surface area contributed by atoms with Gasteiger partial charge in [0.1, 0.15) is 12.2 Å². The first-order valence-corrected chi connectivity index (χ1v) is 5.25. The van der Waals surface area contributed by atoms with Gasteiger partial charge in [-0.1, -0.05) is 13.8 Å². The molecule has 0 aliphatic rings. The van der Waals surface area contributed by atoms with Crippen LogP contribution in [-0.4, -0.2) is 21.8 Å². The van der Waals surface area contributed by atoms with Crippen molar-refractivity contribution in [2.24, 2.45) is 5.92 Å². The van der Waals surface area contributed by atoms with Gasteiger partial charge in [-0.15, -0.1) is 0 Å². The molecule has 0 unspecified atom stereocenters. The van der Waals surface area contributed by atoms with Crippen molar-refractivity contribution >= 4 is 0 Å². The van der Waals surface area contributed by atoms with Crippen LogP contribution in [0.5, 0.6) is 0 Å². The summed E-state index contributed by atoms with van der Waals surface area (Å²) in [6.45, 7) is 6.27. The van der Waals surface area contributed by atoms with Crippen LogP contribution in [0.3, 0.4) is 0 Å². The van der Waals surface area contributed by atoms with E-state index in [9.17, 15) is 0 Å². The second kappa shape index (κ2) is 5.75. The SMILES string of the molecule is CNCc1ncnn1CCCC(C)C. The Morgan fingerprint density at radius 2 is 2.29 bits per heavy atom. The molecule has 0 bridgehead atoms. The van der Waals surface area contributed by atoms with E-state index in [1.54, 1.807) is 6.33 Å². The first-order chi connectivity index (χ1) is 6.74. The number of aromatic nitrogens is 3. The summed E-state index contributed by atoms with van der Waals surface area (Å²) in [4.78, 5) is 4.19. The van der Waals surface area contributed by atoms with Crippen molar-refractivity contribution in [3.8, 4) is 0 Å². The van der Waals surface area contributed by atoms with Crippen molar-refractivity contribution in [2.45, 2.75) is 39.8 Å². The molecule has 1 aromatic heterocycles. The zero-order chi connectivity index (χ0) is 10.4. The lowest BCUT2D eigenvalue weighted by molar-refractivity contribution is 0.475. The number of hydrogen-bond acceptors (Lipinski definition) is 3. The molecule has 4 heteroatoms. The number of rotatable bonds is 6. The van der Waals surface area contributed by atoms with Crippen molar-refractivity contribution in [1.29, 1.82) is 0 Å². The summed E-state index contributed by atoms with van der Waals surface area (Å²) >= 11 is 0. The zero-order valence-electron chi connectivity index (χ0n) is 9.32. The van der Waals surface area contributed by atoms with Gasteiger partial charge in [0.15, 0.2) is 0 Å². The maximum atomic E-state index is 4.20. The Balaban J connectivity index is 2.37. The van der Waals surface area contributed by atoms with Crippen molar-refractivity contribution in [1.82, 2.24) is 20.1 Å².